The number of aromatic nitrogens is 2. The third kappa shape index (κ3) is 3.36. The second-order valence-corrected chi connectivity index (χ2v) is 4.89. The third-order valence-electron chi connectivity index (χ3n) is 3.25. The summed E-state index contributed by atoms with van der Waals surface area (Å²) in [4.78, 5) is 16.3. The fourth-order valence-corrected chi connectivity index (χ4v) is 2.26. The van der Waals surface area contributed by atoms with E-state index in [1.165, 1.54) is 0 Å². The molecular weight excluding hydrogens is 252 g/mol. The number of pyridine rings is 1. The van der Waals surface area contributed by atoms with Crippen LogP contribution in [-0.4, -0.2) is 29.1 Å². The summed E-state index contributed by atoms with van der Waals surface area (Å²) in [6.07, 6.45) is 5.87. The smallest absolute Gasteiger partial charge is 0.239 e. The maximum atomic E-state index is 11.9. The van der Waals surface area contributed by atoms with E-state index in [1.54, 1.807) is 6.20 Å². The van der Waals surface area contributed by atoms with E-state index in [0.717, 1.165) is 42.5 Å². The molecule has 2 aromatic rings. The normalized spacial score (nSPS) is 10.9. The SMILES string of the molecule is CCCCNC(=O)Cn1cc(CNC)c2cccnc21. The zero-order valence-corrected chi connectivity index (χ0v) is 12.1. The van der Waals surface area contributed by atoms with Crippen LogP contribution < -0.4 is 10.6 Å². The van der Waals surface area contributed by atoms with Crippen LogP contribution in [0, 0.1) is 0 Å². The van der Waals surface area contributed by atoms with E-state index in [4.69, 9.17) is 0 Å². The molecule has 0 aromatic carbocycles. The Balaban J connectivity index is 2.15. The van der Waals surface area contributed by atoms with Crippen molar-refractivity contribution in [3.8, 4) is 0 Å². The molecule has 0 atom stereocenters. The number of hydrogen-bond donors (Lipinski definition) is 2. The Morgan fingerprint density at radius 3 is 3.05 bits per heavy atom. The highest BCUT2D eigenvalue weighted by Gasteiger charge is 2.11. The molecule has 0 aliphatic rings. The highest BCUT2D eigenvalue weighted by atomic mass is 16.1. The molecule has 2 aromatic heterocycles. The average Bonchev–Trinajstić information content (AvgIpc) is 2.78. The monoisotopic (exact) mass is 274 g/mol. The molecule has 0 bridgehead atoms. The Hall–Kier alpha value is -1.88. The van der Waals surface area contributed by atoms with E-state index < -0.39 is 0 Å². The number of rotatable bonds is 7. The van der Waals surface area contributed by atoms with Gasteiger partial charge in [-0.15, -0.1) is 0 Å². The largest absolute Gasteiger partial charge is 0.355 e. The van der Waals surface area contributed by atoms with Crippen molar-refractivity contribution in [2.24, 2.45) is 0 Å². The van der Waals surface area contributed by atoms with Gasteiger partial charge in [0.25, 0.3) is 0 Å². The second-order valence-electron chi connectivity index (χ2n) is 4.89. The summed E-state index contributed by atoms with van der Waals surface area (Å²) in [5, 5.41) is 7.18. The maximum absolute atomic E-state index is 11.9. The molecular formula is C15H22N4O. The summed E-state index contributed by atoms with van der Waals surface area (Å²) in [6, 6.07) is 3.97. The molecule has 20 heavy (non-hydrogen) atoms. The van der Waals surface area contributed by atoms with Gasteiger partial charge in [0, 0.05) is 30.9 Å². The van der Waals surface area contributed by atoms with E-state index in [9.17, 15) is 4.79 Å². The Kier molecular flexibility index (Phi) is 5.12. The van der Waals surface area contributed by atoms with Crippen LogP contribution >= 0.6 is 0 Å². The number of unbranched alkanes of at least 4 members (excludes halogenated alkanes) is 1. The molecule has 2 N–H and O–H groups in total. The highest BCUT2D eigenvalue weighted by Crippen LogP contribution is 2.19. The minimum absolute atomic E-state index is 0.0389. The lowest BCUT2D eigenvalue weighted by atomic mass is 10.2. The van der Waals surface area contributed by atoms with Crippen LogP contribution in [0.4, 0.5) is 0 Å². The average molecular weight is 274 g/mol. The molecule has 2 heterocycles. The highest BCUT2D eigenvalue weighted by molar-refractivity contribution is 5.83. The predicted octanol–water partition coefficient (Wildman–Crippen LogP) is 1.67. The summed E-state index contributed by atoms with van der Waals surface area (Å²) in [6.45, 7) is 3.94. The molecule has 1 amide bonds. The lowest BCUT2D eigenvalue weighted by Gasteiger charge is -2.06. The lowest BCUT2D eigenvalue weighted by Crippen LogP contribution is -2.28. The van der Waals surface area contributed by atoms with Crippen molar-refractivity contribution in [3.05, 3.63) is 30.1 Å². The summed E-state index contributed by atoms with van der Waals surface area (Å²) < 4.78 is 1.92. The van der Waals surface area contributed by atoms with Gasteiger partial charge >= 0.3 is 0 Å². The van der Waals surface area contributed by atoms with E-state index in [2.05, 4.69) is 22.5 Å². The fraction of sp³-hybridized carbons (Fsp3) is 0.467. The Morgan fingerprint density at radius 2 is 2.30 bits per heavy atom. The number of nitrogens with zero attached hydrogens (tertiary/aromatic N) is 2. The summed E-state index contributed by atoms with van der Waals surface area (Å²) in [5.41, 5.74) is 2.03. The lowest BCUT2D eigenvalue weighted by molar-refractivity contribution is -0.121. The van der Waals surface area contributed by atoms with Gasteiger partial charge in [-0.25, -0.2) is 4.98 Å². The van der Waals surface area contributed by atoms with Gasteiger partial charge in [-0.1, -0.05) is 13.3 Å². The molecule has 0 fully saturated rings. The van der Waals surface area contributed by atoms with Crippen molar-refractivity contribution in [3.63, 3.8) is 0 Å². The zero-order valence-electron chi connectivity index (χ0n) is 12.1. The fourth-order valence-electron chi connectivity index (χ4n) is 2.26. The van der Waals surface area contributed by atoms with Crippen LogP contribution in [0.2, 0.25) is 0 Å². The van der Waals surface area contributed by atoms with Crippen molar-refractivity contribution in [1.82, 2.24) is 20.2 Å². The predicted molar refractivity (Wildman–Crippen MR) is 80.4 cm³/mol. The molecule has 0 aliphatic heterocycles. The van der Waals surface area contributed by atoms with Crippen LogP contribution in [0.5, 0.6) is 0 Å². The van der Waals surface area contributed by atoms with Crippen molar-refractivity contribution in [2.75, 3.05) is 13.6 Å². The summed E-state index contributed by atoms with van der Waals surface area (Å²) in [5.74, 6) is 0.0389. The van der Waals surface area contributed by atoms with Crippen LogP contribution in [-0.2, 0) is 17.9 Å². The van der Waals surface area contributed by atoms with Crippen molar-refractivity contribution in [2.45, 2.75) is 32.9 Å². The molecule has 2 rings (SSSR count). The minimum atomic E-state index is 0.0389. The van der Waals surface area contributed by atoms with Crippen LogP contribution in [0.1, 0.15) is 25.3 Å². The van der Waals surface area contributed by atoms with Crippen molar-refractivity contribution < 1.29 is 4.79 Å². The van der Waals surface area contributed by atoms with Gasteiger partial charge in [-0.3, -0.25) is 4.79 Å². The number of carbonyl (C=O) groups excluding carboxylic acids is 1. The standard InChI is InChI=1S/C15H22N4O/c1-3-4-7-17-14(20)11-19-10-12(9-16-2)13-6-5-8-18-15(13)19/h5-6,8,10,16H,3-4,7,9,11H2,1-2H3,(H,17,20). The first kappa shape index (κ1) is 14.5. The molecule has 0 saturated heterocycles. The first-order valence-corrected chi connectivity index (χ1v) is 7.10. The Labute approximate surface area is 119 Å². The molecule has 5 heteroatoms. The summed E-state index contributed by atoms with van der Waals surface area (Å²) in [7, 11) is 1.91. The molecule has 0 unspecified atom stereocenters. The quantitative estimate of drug-likeness (QED) is 0.755. The molecule has 108 valence electrons. The van der Waals surface area contributed by atoms with Gasteiger partial charge < -0.3 is 15.2 Å². The first-order valence-electron chi connectivity index (χ1n) is 7.10. The number of hydrogen-bond acceptors (Lipinski definition) is 3. The maximum Gasteiger partial charge on any atom is 0.239 e. The van der Waals surface area contributed by atoms with Crippen LogP contribution in [0.25, 0.3) is 11.0 Å². The molecule has 5 nitrogen and oxygen atoms in total. The van der Waals surface area contributed by atoms with Gasteiger partial charge in [0.2, 0.25) is 5.91 Å². The molecule has 0 saturated carbocycles. The Morgan fingerprint density at radius 1 is 1.45 bits per heavy atom. The van der Waals surface area contributed by atoms with Gasteiger partial charge in [0.15, 0.2) is 0 Å². The van der Waals surface area contributed by atoms with Gasteiger partial charge in [0.1, 0.15) is 12.2 Å². The molecule has 0 aliphatic carbocycles. The number of fused-ring (bicyclic) bond motifs is 1. The van der Waals surface area contributed by atoms with Gasteiger partial charge in [0.05, 0.1) is 0 Å². The number of nitrogens with one attached hydrogen (secondary N) is 2. The zero-order chi connectivity index (χ0) is 14.4. The Bertz CT molecular complexity index is 576. The number of amides is 1. The van der Waals surface area contributed by atoms with E-state index >= 15 is 0 Å². The van der Waals surface area contributed by atoms with Crippen molar-refractivity contribution in [1.29, 1.82) is 0 Å². The summed E-state index contributed by atoms with van der Waals surface area (Å²) >= 11 is 0. The molecule has 0 radical (unpaired) electrons. The van der Waals surface area contributed by atoms with Gasteiger partial charge in [-0.05, 0) is 31.2 Å². The van der Waals surface area contributed by atoms with E-state index in [1.807, 2.05) is 29.9 Å². The van der Waals surface area contributed by atoms with Crippen LogP contribution in [0.15, 0.2) is 24.5 Å². The first-order chi connectivity index (χ1) is 9.76. The van der Waals surface area contributed by atoms with Gasteiger partial charge in [-0.2, -0.15) is 0 Å². The van der Waals surface area contributed by atoms with Crippen LogP contribution in [0.3, 0.4) is 0 Å². The number of carbonyl (C=O) groups is 1. The minimum Gasteiger partial charge on any atom is -0.355 e. The van der Waals surface area contributed by atoms with E-state index in [-0.39, 0.29) is 5.91 Å². The van der Waals surface area contributed by atoms with Crippen molar-refractivity contribution >= 4 is 16.9 Å². The molecule has 0 spiro atoms. The second kappa shape index (κ2) is 7.05. The topological polar surface area (TPSA) is 59.0 Å². The van der Waals surface area contributed by atoms with E-state index in [0.29, 0.717) is 6.54 Å². The third-order valence-corrected chi connectivity index (χ3v) is 3.25.